The van der Waals surface area contributed by atoms with Crippen molar-refractivity contribution in [2.75, 3.05) is 6.54 Å². The molecule has 3 nitrogen and oxygen atoms in total. The molecule has 68 valence electrons. The second kappa shape index (κ2) is 5.48. The second-order valence-electron chi connectivity index (χ2n) is 2.23. The predicted molar refractivity (Wildman–Crippen MR) is 55.2 cm³/mol. The zero-order chi connectivity index (χ0) is 8.27. The van der Waals surface area contributed by atoms with Crippen molar-refractivity contribution in [3.63, 3.8) is 0 Å². The maximum absolute atomic E-state index is 5.65. The van der Waals surface area contributed by atoms with E-state index in [-0.39, 0.29) is 18.4 Å². The average Bonchev–Trinajstić information content (AvgIpc) is 2.03. The first-order chi connectivity index (χ1) is 5.24. The highest BCUT2D eigenvalue weighted by molar-refractivity contribution is 9.10. The lowest BCUT2D eigenvalue weighted by Gasteiger charge is -2.06. The van der Waals surface area contributed by atoms with Gasteiger partial charge in [-0.1, -0.05) is 6.07 Å². The molecule has 0 aliphatic carbocycles. The van der Waals surface area contributed by atoms with Crippen molar-refractivity contribution in [2.24, 2.45) is 11.5 Å². The van der Waals surface area contributed by atoms with E-state index in [0.717, 1.165) is 10.3 Å². The van der Waals surface area contributed by atoms with Crippen LogP contribution in [0.4, 0.5) is 0 Å². The molecular formula is C7H11BrClN3. The van der Waals surface area contributed by atoms with Crippen LogP contribution in [-0.4, -0.2) is 11.5 Å². The van der Waals surface area contributed by atoms with Gasteiger partial charge < -0.3 is 11.5 Å². The van der Waals surface area contributed by atoms with Crippen LogP contribution in [0, 0.1) is 0 Å². The summed E-state index contributed by atoms with van der Waals surface area (Å²) in [4.78, 5) is 4.16. The third-order valence-electron chi connectivity index (χ3n) is 1.37. The van der Waals surface area contributed by atoms with Crippen molar-refractivity contribution in [1.29, 1.82) is 0 Å². The molecule has 1 atom stereocenters. The van der Waals surface area contributed by atoms with Crippen molar-refractivity contribution in [1.82, 2.24) is 4.98 Å². The molecule has 5 heteroatoms. The zero-order valence-corrected chi connectivity index (χ0v) is 8.81. The van der Waals surface area contributed by atoms with Gasteiger partial charge in [-0.25, -0.2) is 4.98 Å². The third kappa shape index (κ3) is 3.06. The van der Waals surface area contributed by atoms with E-state index in [9.17, 15) is 0 Å². The van der Waals surface area contributed by atoms with Crippen LogP contribution in [-0.2, 0) is 0 Å². The van der Waals surface area contributed by atoms with Crippen LogP contribution in [0.2, 0.25) is 0 Å². The smallest absolute Gasteiger partial charge is 0.106 e. The number of hydrogen-bond donors (Lipinski definition) is 2. The summed E-state index contributed by atoms with van der Waals surface area (Å²) in [5, 5.41) is 0. The maximum Gasteiger partial charge on any atom is 0.106 e. The van der Waals surface area contributed by atoms with Gasteiger partial charge in [0.2, 0.25) is 0 Å². The molecule has 0 saturated carbocycles. The van der Waals surface area contributed by atoms with Gasteiger partial charge in [-0.05, 0) is 28.1 Å². The van der Waals surface area contributed by atoms with Crippen LogP contribution < -0.4 is 11.5 Å². The molecule has 4 N–H and O–H groups in total. The van der Waals surface area contributed by atoms with Crippen LogP contribution in [0.3, 0.4) is 0 Å². The molecule has 0 saturated heterocycles. The molecule has 12 heavy (non-hydrogen) atoms. The maximum atomic E-state index is 5.65. The Balaban J connectivity index is 0.00000121. The van der Waals surface area contributed by atoms with E-state index in [2.05, 4.69) is 20.9 Å². The number of aromatic nitrogens is 1. The summed E-state index contributed by atoms with van der Waals surface area (Å²) in [5.74, 6) is 0. The number of pyridine rings is 1. The Kier molecular flexibility index (Phi) is 5.41. The van der Waals surface area contributed by atoms with Crippen molar-refractivity contribution in [3.05, 3.63) is 28.5 Å². The van der Waals surface area contributed by atoms with Gasteiger partial charge >= 0.3 is 0 Å². The first-order valence-corrected chi connectivity index (χ1v) is 4.11. The summed E-state index contributed by atoms with van der Waals surface area (Å²) < 4.78 is 0.791. The number of rotatable bonds is 2. The fourth-order valence-corrected chi connectivity index (χ4v) is 1.11. The predicted octanol–water partition coefficient (Wildman–Crippen LogP) is 1.22. The standard InChI is InChI=1S/C7H10BrN3.ClH/c8-7-3-1-2-6(11-7)5(10)4-9;/h1-3,5H,4,9-10H2;1H/t5-;/m0./s1. The summed E-state index contributed by atoms with van der Waals surface area (Å²) in [6, 6.07) is 5.45. The highest BCUT2D eigenvalue weighted by atomic mass is 79.9. The van der Waals surface area contributed by atoms with Gasteiger partial charge in [0, 0.05) is 6.54 Å². The molecule has 0 spiro atoms. The van der Waals surface area contributed by atoms with E-state index in [4.69, 9.17) is 11.5 Å². The lowest BCUT2D eigenvalue weighted by atomic mass is 10.2. The molecule has 0 aliphatic rings. The van der Waals surface area contributed by atoms with Gasteiger partial charge in [0.1, 0.15) is 4.60 Å². The molecule has 1 aromatic rings. The zero-order valence-electron chi connectivity index (χ0n) is 6.40. The molecule has 0 radical (unpaired) electrons. The Labute approximate surface area is 86.1 Å². The van der Waals surface area contributed by atoms with E-state index in [0.29, 0.717) is 6.54 Å². The van der Waals surface area contributed by atoms with E-state index in [1.54, 1.807) is 0 Å². The number of halogens is 2. The van der Waals surface area contributed by atoms with Crippen molar-refractivity contribution >= 4 is 28.3 Å². The Bertz CT molecular complexity index is 244. The Morgan fingerprint density at radius 3 is 2.67 bits per heavy atom. The van der Waals surface area contributed by atoms with Crippen LogP contribution in [0.5, 0.6) is 0 Å². The summed E-state index contributed by atoms with van der Waals surface area (Å²) in [6.45, 7) is 0.420. The number of nitrogens with two attached hydrogens (primary N) is 2. The highest BCUT2D eigenvalue weighted by Crippen LogP contribution is 2.10. The topological polar surface area (TPSA) is 64.9 Å². The minimum atomic E-state index is -0.160. The highest BCUT2D eigenvalue weighted by Gasteiger charge is 2.03. The normalized spacial score (nSPS) is 11.9. The van der Waals surface area contributed by atoms with Gasteiger partial charge in [0.25, 0.3) is 0 Å². The molecule has 0 bridgehead atoms. The lowest BCUT2D eigenvalue weighted by Crippen LogP contribution is -2.21. The molecule has 0 aromatic carbocycles. The van der Waals surface area contributed by atoms with Gasteiger partial charge in [0.05, 0.1) is 11.7 Å². The van der Waals surface area contributed by atoms with Crippen molar-refractivity contribution in [3.8, 4) is 0 Å². The van der Waals surface area contributed by atoms with Crippen molar-refractivity contribution < 1.29 is 0 Å². The van der Waals surface area contributed by atoms with Crippen LogP contribution in [0.25, 0.3) is 0 Å². The Morgan fingerprint density at radius 1 is 1.50 bits per heavy atom. The first kappa shape index (κ1) is 11.8. The lowest BCUT2D eigenvalue weighted by molar-refractivity contribution is 0.709. The SMILES string of the molecule is Cl.NC[C@H](N)c1cccc(Br)n1. The summed E-state index contributed by atoms with van der Waals surface area (Å²) in [5.41, 5.74) is 11.8. The molecular weight excluding hydrogens is 241 g/mol. The molecule has 0 unspecified atom stereocenters. The van der Waals surface area contributed by atoms with E-state index < -0.39 is 0 Å². The molecule has 1 rings (SSSR count). The minimum absolute atomic E-state index is 0. The van der Waals surface area contributed by atoms with Crippen LogP contribution in [0.1, 0.15) is 11.7 Å². The van der Waals surface area contributed by atoms with E-state index >= 15 is 0 Å². The quantitative estimate of drug-likeness (QED) is 0.778. The molecule has 0 fully saturated rings. The van der Waals surface area contributed by atoms with Gasteiger partial charge in [-0.15, -0.1) is 12.4 Å². The molecule has 0 amide bonds. The second-order valence-corrected chi connectivity index (χ2v) is 3.04. The fraction of sp³-hybridized carbons (Fsp3) is 0.286. The number of nitrogens with zero attached hydrogens (tertiary/aromatic N) is 1. The summed E-state index contributed by atoms with van der Waals surface area (Å²) in [7, 11) is 0. The Hall–Kier alpha value is -0.160. The average molecular weight is 253 g/mol. The summed E-state index contributed by atoms with van der Waals surface area (Å²) in [6.07, 6.45) is 0. The van der Waals surface area contributed by atoms with Crippen LogP contribution >= 0.6 is 28.3 Å². The van der Waals surface area contributed by atoms with E-state index in [1.165, 1.54) is 0 Å². The van der Waals surface area contributed by atoms with Crippen LogP contribution in [0.15, 0.2) is 22.8 Å². The van der Waals surface area contributed by atoms with Gasteiger partial charge in [0.15, 0.2) is 0 Å². The van der Waals surface area contributed by atoms with Gasteiger partial charge in [-0.2, -0.15) is 0 Å². The third-order valence-corrected chi connectivity index (χ3v) is 1.81. The molecule has 1 aromatic heterocycles. The summed E-state index contributed by atoms with van der Waals surface area (Å²) >= 11 is 3.25. The number of hydrogen-bond acceptors (Lipinski definition) is 3. The largest absolute Gasteiger partial charge is 0.329 e. The van der Waals surface area contributed by atoms with E-state index in [1.807, 2.05) is 18.2 Å². The minimum Gasteiger partial charge on any atom is -0.329 e. The first-order valence-electron chi connectivity index (χ1n) is 3.32. The fourth-order valence-electron chi connectivity index (χ4n) is 0.751. The Morgan fingerprint density at radius 2 is 2.17 bits per heavy atom. The molecule has 0 aliphatic heterocycles. The molecule has 1 heterocycles. The van der Waals surface area contributed by atoms with Gasteiger partial charge in [-0.3, -0.25) is 0 Å². The monoisotopic (exact) mass is 251 g/mol. The van der Waals surface area contributed by atoms with Crippen molar-refractivity contribution in [2.45, 2.75) is 6.04 Å².